The van der Waals surface area contributed by atoms with E-state index in [0.717, 1.165) is 17.0 Å². The zero-order chi connectivity index (χ0) is 19.7. The molecule has 1 amide bonds. The van der Waals surface area contributed by atoms with E-state index in [1.807, 2.05) is 67.6 Å². The van der Waals surface area contributed by atoms with Crippen LogP contribution in [0.5, 0.6) is 0 Å². The summed E-state index contributed by atoms with van der Waals surface area (Å²) < 4.78 is 5.88. The number of likely N-dealkylation sites (N-methyl/N-ethyl adjacent to an activating group) is 1. The Balaban J connectivity index is 1.57. The molecule has 0 spiro atoms. The molecule has 1 aromatic heterocycles. The minimum absolute atomic E-state index is 0.0969. The molecule has 0 N–H and O–H groups in total. The monoisotopic (exact) mass is 408 g/mol. The predicted molar refractivity (Wildman–Crippen MR) is 116 cm³/mol. The summed E-state index contributed by atoms with van der Waals surface area (Å²) in [6.07, 6.45) is 1.75. The van der Waals surface area contributed by atoms with Crippen molar-refractivity contribution >= 4 is 46.2 Å². The Morgan fingerprint density at radius 1 is 1.04 bits per heavy atom. The molecule has 1 saturated heterocycles. The van der Waals surface area contributed by atoms with Crippen LogP contribution in [0, 0.1) is 6.92 Å². The van der Waals surface area contributed by atoms with Crippen molar-refractivity contribution in [2.75, 3.05) is 7.05 Å². The van der Waals surface area contributed by atoms with E-state index in [1.54, 1.807) is 18.0 Å². The summed E-state index contributed by atoms with van der Waals surface area (Å²) in [5.41, 5.74) is 2.91. The average Bonchev–Trinajstić information content (AvgIpc) is 3.25. The first-order chi connectivity index (χ1) is 13.5. The maximum absolute atomic E-state index is 12.6. The molecule has 28 heavy (non-hydrogen) atoms. The van der Waals surface area contributed by atoms with Crippen LogP contribution in [0.25, 0.3) is 17.4 Å². The van der Waals surface area contributed by atoms with Crippen LogP contribution >= 0.6 is 23.4 Å². The number of hydrogen-bond donors (Lipinski definition) is 0. The lowest BCUT2D eigenvalue weighted by molar-refractivity contribution is -0.121. The molecule has 0 unspecified atom stereocenters. The number of hydrogen-bond acceptors (Lipinski definition) is 4. The number of halogens is 1. The Morgan fingerprint density at radius 2 is 1.75 bits per heavy atom. The van der Waals surface area contributed by atoms with Crippen molar-refractivity contribution < 1.29 is 9.21 Å². The fraction of sp³-hybridized carbons (Fsp3) is 0.0909. The third-order valence-corrected chi connectivity index (χ3v) is 5.60. The van der Waals surface area contributed by atoms with Crippen LogP contribution in [-0.4, -0.2) is 23.0 Å². The SMILES string of the molecule is Cc1ccc(N=C2SC(=Cc3ccc(-c4ccc(Cl)cc4)o3)C(=O)N2C)cc1. The molecule has 4 nitrogen and oxygen atoms in total. The van der Waals surface area contributed by atoms with Crippen molar-refractivity contribution in [3.8, 4) is 11.3 Å². The molecule has 2 heterocycles. The number of amides is 1. The fourth-order valence-electron chi connectivity index (χ4n) is 2.71. The van der Waals surface area contributed by atoms with Gasteiger partial charge in [0, 0.05) is 23.7 Å². The van der Waals surface area contributed by atoms with E-state index in [-0.39, 0.29) is 5.91 Å². The molecule has 1 fully saturated rings. The van der Waals surface area contributed by atoms with Gasteiger partial charge in [0.05, 0.1) is 10.6 Å². The number of thioether (sulfide) groups is 1. The second kappa shape index (κ2) is 7.70. The van der Waals surface area contributed by atoms with Gasteiger partial charge in [0.15, 0.2) is 5.17 Å². The highest BCUT2D eigenvalue weighted by molar-refractivity contribution is 8.18. The van der Waals surface area contributed by atoms with Gasteiger partial charge < -0.3 is 4.42 Å². The lowest BCUT2D eigenvalue weighted by Crippen LogP contribution is -2.23. The molecule has 0 aliphatic carbocycles. The standard InChI is InChI=1S/C22H17ClN2O2S/c1-14-3-9-17(10-4-14)24-22-25(2)21(26)20(28-22)13-18-11-12-19(27-18)15-5-7-16(23)8-6-15/h3-13H,1-2H3. The molecule has 0 bridgehead atoms. The Hall–Kier alpha value is -2.76. The number of aryl methyl sites for hydroxylation is 1. The number of nitrogens with zero attached hydrogens (tertiary/aromatic N) is 2. The van der Waals surface area contributed by atoms with Gasteiger partial charge in [0.1, 0.15) is 11.5 Å². The predicted octanol–water partition coefficient (Wildman–Crippen LogP) is 6.14. The van der Waals surface area contributed by atoms with Gasteiger partial charge in [0.25, 0.3) is 5.91 Å². The molecule has 0 atom stereocenters. The first-order valence-electron chi connectivity index (χ1n) is 8.68. The van der Waals surface area contributed by atoms with Crippen molar-refractivity contribution in [2.45, 2.75) is 6.92 Å². The number of carbonyl (C=O) groups excluding carboxylic acids is 1. The number of benzene rings is 2. The maximum atomic E-state index is 12.6. The van der Waals surface area contributed by atoms with Crippen LogP contribution < -0.4 is 0 Å². The normalized spacial score (nSPS) is 17.1. The third-order valence-electron chi connectivity index (χ3n) is 4.29. The molecule has 0 radical (unpaired) electrons. The van der Waals surface area contributed by atoms with E-state index in [2.05, 4.69) is 4.99 Å². The van der Waals surface area contributed by atoms with Crippen molar-refractivity contribution in [3.63, 3.8) is 0 Å². The van der Waals surface area contributed by atoms with E-state index in [4.69, 9.17) is 16.0 Å². The molecular formula is C22H17ClN2O2S. The summed E-state index contributed by atoms with van der Waals surface area (Å²) in [6.45, 7) is 2.03. The molecule has 2 aromatic carbocycles. The molecule has 1 aliphatic heterocycles. The molecule has 0 saturated carbocycles. The van der Waals surface area contributed by atoms with E-state index in [0.29, 0.717) is 20.9 Å². The highest BCUT2D eigenvalue weighted by Gasteiger charge is 2.30. The van der Waals surface area contributed by atoms with Gasteiger partial charge in [-0.15, -0.1) is 0 Å². The quantitative estimate of drug-likeness (QED) is 0.489. The van der Waals surface area contributed by atoms with Gasteiger partial charge in [-0.1, -0.05) is 29.3 Å². The van der Waals surface area contributed by atoms with Gasteiger partial charge in [-0.3, -0.25) is 9.69 Å². The number of rotatable bonds is 3. The Labute approximate surface area is 172 Å². The van der Waals surface area contributed by atoms with Crippen molar-refractivity contribution in [1.29, 1.82) is 0 Å². The highest BCUT2D eigenvalue weighted by atomic mass is 35.5. The molecular weight excluding hydrogens is 392 g/mol. The minimum Gasteiger partial charge on any atom is -0.457 e. The third kappa shape index (κ3) is 3.91. The lowest BCUT2D eigenvalue weighted by Gasteiger charge is -2.07. The van der Waals surface area contributed by atoms with Crippen LogP contribution in [0.3, 0.4) is 0 Å². The molecule has 140 valence electrons. The second-order valence-electron chi connectivity index (χ2n) is 6.41. The zero-order valence-electron chi connectivity index (χ0n) is 15.3. The summed E-state index contributed by atoms with van der Waals surface area (Å²) in [7, 11) is 1.73. The van der Waals surface area contributed by atoms with E-state index >= 15 is 0 Å². The summed E-state index contributed by atoms with van der Waals surface area (Å²) in [6, 6.07) is 19.0. The van der Waals surface area contributed by atoms with Crippen LogP contribution in [0.4, 0.5) is 5.69 Å². The average molecular weight is 409 g/mol. The van der Waals surface area contributed by atoms with Gasteiger partial charge in [-0.25, -0.2) is 4.99 Å². The molecule has 1 aliphatic rings. The Kier molecular flexibility index (Phi) is 5.11. The Bertz CT molecular complexity index is 1080. The van der Waals surface area contributed by atoms with Crippen molar-refractivity contribution in [1.82, 2.24) is 4.90 Å². The number of amidine groups is 1. The summed E-state index contributed by atoms with van der Waals surface area (Å²) >= 11 is 7.27. The summed E-state index contributed by atoms with van der Waals surface area (Å²) in [5, 5.41) is 1.32. The Morgan fingerprint density at radius 3 is 2.46 bits per heavy atom. The van der Waals surface area contributed by atoms with Crippen LogP contribution in [0.2, 0.25) is 5.02 Å². The van der Waals surface area contributed by atoms with E-state index < -0.39 is 0 Å². The first-order valence-corrected chi connectivity index (χ1v) is 9.88. The lowest BCUT2D eigenvalue weighted by atomic mass is 10.2. The zero-order valence-corrected chi connectivity index (χ0v) is 16.9. The number of carbonyl (C=O) groups is 1. The van der Waals surface area contributed by atoms with Crippen LogP contribution in [0.15, 0.2) is 75.0 Å². The molecule has 3 aromatic rings. The maximum Gasteiger partial charge on any atom is 0.266 e. The van der Waals surface area contributed by atoms with Gasteiger partial charge in [-0.05, 0) is 67.2 Å². The van der Waals surface area contributed by atoms with Crippen LogP contribution in [0.1, 0.15) is 11.3 Å². The molecule has 6 heteroatoms. The van der Waals surface area contributed by atoms with E-state index in [1.165, 1.54) is 17.3 Å². The van der Waals surface area contributed by atoms with E-state index in [9.17, 15) is 4.79 Å². The second-order valence-corrected chi connectivity index (χ2v) is 7.86. The van der Waals surface area contributed by atoms with Gasteiger partial charge in [0.2, 0.25) is 0 Å². The smallest absolute Gasteiger partial charge is 0.266 e. The number of furan rings is 1. The first kappa shape index (κ1) is 18.6. The highest BCUT2D eigenvalue weighted by Crippen LogP contribution is 2.34. The topological polar surface area (TPSA) is 45.8 Å². The molecule has 4 rings (SSSR count). The number of aliphatic imine (C=N–C) groups is 1. The van der Waals surface area contributed by atoms with Gasteiger partial charge in [-0.2, -0.15) is 0 Å². The van der Waals surface area contributed by atoms with Gasteiger partial charge >= 0.3 is 0 Å². The van der Waals surface area contributed by atoms with Crippen molar-refractivity contribution in [3.05, 3.63) is 81.9 Å². The van der Waals surface area contributed by atoms with Crippen molar-refractivity contribution in [2.24, 2.45) is 4.99 Å². The summed E-state index contributed by atoms with van der Waals surface area (Å²) in [4.78, 5) is 19.3. The van der Waals surface area contributed by atoms with Crippen LogP contribution in [-0.2, 0) is 4.79 Å². The fourth-order valence-corrected chi connectivity index (χ4v) is 3.80. The summed E-state index contributed by atoms with van der Waals surface area (Å²) in [5.74, 6) is 1.24. The minimum atomic E-state index is -0.0969. The largest absolute Gasteiger partial charge is 0.457 e.